The summed E-state index contributed by atoms with van der Waals surface area (Å²) in [5.74, 6) is 1.60. The van der Waals surface area contributed by atoms with E-state index in [-0.39, 0.29) is 0 Å². The highest BCUT2D eigenvalue weighted by molar-refractivity contribution is 6.17. The minimum Gasteiger partial charge on any atom is -0.456 e. The van der Waals surface area contributed by atoms with Crippen LogP contribution in [0.4, 0.5) is 0 Å². The first-order valence-corrected chi connectivity index (χ1v) is 20.7. The minimum absolute atomic E-state index is 0.466. The topological polar surface area (TPSA) is 69.6 Å². The van der Waals surface area contributed by atoms with Crippen LogP contribution < -0.4 is 0 Å². The molecule has 290 valence electrons. The second-order valence-electron chi connectivity index (χ2n) is 15.4. The second kappa shape index (κ2) is 14.7. The van der Waals surface area contributed by atoms with Gasteiger partial charge in [-0.1, -0.05) is 158 Å². The van der Waals surface area contributed by atoms with Crippen molar-refractivity contribution in [3.8, 4) is 73.5 Å². The summed E-state index contributed by atoms with van der Waals surface area (Å²) in [5.41, 5.74) is 13.2. The van der Waals surface area contributed by atoms with Gasteiger partial charge in [-0.05, 0) is 70.8 Å². The van der Waals surface area contributed by atoms with Gasteiger partial charge in [-0.25, -0.2) is 19.9 Å². The Kier molecular flexibility index (Phi) is 8.38. The number of pyridine rings is 1. The van der Waals surface area contributed by atoms with Crippen molar-refractivity contribution in [3.05, 3.63) is 212 Å². The summed E-state index contributed by atoms with van der Waals surface area (Å²) >= 11 is 0. The van der Waals surface area contributed by atoms with Crippen LogP contribution in [0.1, 0.15) is 0 Å². The molecule has 0 aliphatic carbocycles. The molecule has 8 aromatic carbocycles. The molecule has 0 fully saturated rings. The molecule has 0 unspecified atom stereocenters. The normalized spacial score (nSPS) is 11.5. The highest BCUT2D eigenvalue weighted by atomic mass is 16.3. The van der Waals surface area contributed by atoms with Crippen LogP contribution in [-0.2, 0) is 0 Å². The maximum Gasteiger partial charge on any atom is 0.184 e. The molecule has 0 bridgehead atoms. The Morgan fingerprint density at radius 2 is 0.823 bits per heavy atom. The molecule has 6 heteroatoms. The number of benzene rings is 8. The molecule has 12 aromatic rings. The van der Waals surface area contributed by atoms with E-state index in [0.29, 0.717) is 23.2 Å². The van der Waals surface area contributed by atoms with Gasteiger partial charge < -0.3 is 8.98 Å². The first-order chi connectivity index (χ1) is 30.7. The summed E-state index contributed by atoms with van der Waals surface area (Å²) in [7, 11) is 0. The van der Waals surface area contributed by atoms with Crippen LogP contribution in [0.2, 0.25) is 0 Å². The third kappa shape index (κ3) is 6.13. The van der Waals surface area contributed by atoms with E-state index in [9.17, 15) is 0 Å². The van der Waals surface area contributed by atoms with E-state index in [1.165, 1.54) is 0 Å². The number of rotatable bonds is 7. The first kappa shape index (κ1) is 35.5. The van der Waals surface area contributed by atoms with Crippen LogP contribution in [0.15, 0.2) is 217 Å². The van der Waals surface area contributed by atoms with Crippen LogP contribution in [-0.4, -0.2) is 24.5 Å². The van der Waals surface area contributed by atoms with Gasteiger partial charge in [0.2, 0.25) is 0 Å². The van der Waals surface area contributed by atoms with Gasteiger partial charge in [-0.15, -0.1) is 0 Å². The lowest BCUT2D eigenvalue weighted by molar-refractivity contribution is 0.669. The minimum atomic E-state index is 0.466. The fourth-order valence-electron chi connectivity index (χ4n) is 8.69. The summed E-state index contributed by atoms with van der Waals surface area (Å²) < 4.78 is 8.79. The Bertz CT molecular complexity index is 3500. The van der Waals surface area contributed by atoms with Crippen molar-refractivity contribution in [2.75, 3.05) is 0 Å². The van der Waals surface area contributed by atoms with Crippen LogP contribution in [0.5, 0.6) is 0 Å². The largest absolute Gasteiger partial charge is 0.456 e. The predicted octanol–water partition coefficient (Wildman–Crippen LogP) is 14.3. The number of fused-ring (bicyclic) bond motifs is 6. The molecule has 0 saturated heterocycles. The fraction of sp³-hybridized carbons (Fsp3) is 0. The van der Waals surface area contributed by atoms with Gasteiger partial charge in [0.25, 0.3) is 0 Å². The van der Waals surface area contributed by atoms with E-state index in [0.717, 1.165) is 94.1 Å². The van der Waals surface area contributed by atoms with E-state index in [4.69, 9.17) is 24.4 Å². The van der Waals surface area contributed by atoms with Gasteiger partial charge in [0, 0.05) is 44.3 Å². The number of nitrogens with zero attached hydrogens (tertiary/aromatic N) is 5. The zero-order valence-electron chi connectivity index (χ0n) is 33.4. The quantitative estimate of drug-likeness (QED) is 0.161. The lowest BCUT2D eigenvalue weighted by Gasteiger charge is -2.16. The SMILES string of the molecule is c1ccc(-c2cc(-c3ccccc3)cc(-c3ccc(-n4c5ccccc5c5cc6c(cc54)oc4ccccc46)c(-c4nc(-c5ccccc5)nc(-c5ccccc5)n4)n3)c2)cc1. The summed E-state index contributed by atoms with van der Waals surface area (Å²) in [6, 6.07) is 73.4. The lowest BCUT2D eigenvalue weighted by atomic mass is 9.95. The highest BCUT2D eigenvalue weighted by Crippen LogP contribution is 2.41. The summed E-state index contributed by atoms with van der Waals surface area (Å²) in [6.45, 7) is 0. The van der Waals surface area contributed by atoms with Crippen molar-refractivity contribution in [1.29, 1.82) is 0 Å². The maximum absolute atomic E-state index is 6.50. The Balaban J connectivity index is 1.16. The number of hydrogen-bond acceptors (Lipinski definition) is 5. The Hall–Kier alpha value is -8.48. The maximum atomic E-state index is 6.50. The molecule has 12 rings (SSSR count). The van der Waals surface area contributed by atoms with Crippen molar-refractivity contribution in [1.82, 2.24) is 24.5 Å². The summed E-state index contributed by atoms with van der Waals surface area (Å²) in [4.78, 5) is 21.2. The molecule has 0 N–H and O–H groups in total. The van der Waals surface area contributed by atoms with Crippen molar-refractivity contribution in [2.45, 2.75) is 0 Å². The Labute approximate surface area is 357 Å². The molecule has 0 spiro atoms. The van der Waals surface area contributed by atoms with Gasteiger partial charge in [0.1, 0.15) is 16.9 Å². The van der Waals surface area contributed by atoms with Gasteiger partial charge in [0.05, 0.1) is 22.4 Å². The van der Waals surface area contributed by atoms with Crippen molar-refractivity contribution >= 4 is 43.7 Å². The molecule has 4 aromatic heterocycles. The Morgan fingerprint density at radius 1 is 0.306 bits per heavy atom. The molecule has 0 aliphatic heterocycles. The average Bonchev–Trinajstić information content (AvgIpc) is 3.88. The molecule has 4 heterocycles. The fourth-order valence-corrected chi connectivity index (χ4v) is 8.69. The van der Waals surface area contributed by atoms with Gasteiger partial charge in [0.15, 0.2) is 17.5 Å². The zero-order chi connectivity index (χ0) is 41.0. The van der Waals surface area contributed by atoms with E-state index in [2.05, 4.69) is 132 Å². The third-order valence-corrected chi connectivity index (χ3v) is 11.6. The highest BCUT2D eigenvalue weighted by Gasteiger charge is 2.23. The van der Waals surface area contributed by atoms with Gasteiger partial charge >= 0.3 is 0 Å². The monoisotopic (exact) mass is 793 g/mol. The second-order valence-corrected chi connectivity index (χ2v) is 15.4. The van der Waals surface area contributed by atoms with Crippen molar-refractivity contribution < 1.29 is 4.42 Å². The van der Waals surface area contributed by atoms with Crippen LogP contribution in [0, 0.1) is 0 Å². The third-order valence-electron chi connectivity index (χ3n) is 11.6. The lowest BCUT2D eigenvalue weighted by Crippen LogP contribution is -2.06. The summed E-state index contributed by atoms with van der Waals surface area (Å²) in [6.07, 6.45) is 0. The van der Waals surface area contributed by atoms with Crippen molar-refractivity contribution in [3.63, 3.8) is 0 Å². The van der Waals surface area contributed by atoms with Crippen LogP contribution in [0.3, 0.4) is 0 Å². The number of furan rings is 1. The molecule has 0 amide bonds. The molecule has 0 aliphatic rings. The van der Waals surface area contributed by atoms with E-state index in [1.54, 1.807) is 0 Å². The van der Waals surface area contributed by atoms with Crippen LogP contribution >= 0.6 is 0 Å². The number of para-hydroxylation sites is 2. The van der Waals surface area contributed by atoms with Gasteiger partial charge in [-0.3, -0.25) is 0 Å². The molecular weight excluding hydrogens is 759 g/mol. The van der Waals surface area contributed by atoms with Crippen LogP contribution in [0.25, 0.3) is 117 Å². The smallest absolute Gasteiger partial charge is 0.184 e. The summed E-state index contributed by atoms with van der Waals surface area (Å²) in [5, 5.41) is 4.41. The molecular formula is C56H35N5O. The Morgan fingerprint density at radius 3 is 1.45 bits per heavy atom. The van der Waals surface area contributed by atoms with Gasteiger partial charge in [-0.2, -0.15) is 0 Å². The predicted molar refractivity (Wildman–Crippen MR) is 252 cm³/mol. The number of aromatic nitrogens is 5. The molecule has 0 atom stereocenters. The standard InChI is InChI=1S/C56H35N5O/c1-5-17-36(18-6-1)40-31-41(37-19-7-2-8-20-37)33-42(32-40)47-29-30-49(53(57-47)56-59-54(38-21-9-3-10-22-38)58-55(60-56)39-23-11-4-12-24-39)61-48-27-15-13-25-43(48)45-34-46-44-26-14-16-28-51(44)62-52(46)35-50(45)61/h1-35H. The first-order valence-electron chi connectivity index (χ1n) is 20.7. The van der Waals surface area contributed by atoms with Crippen molar-refractivity contribution in [2.24, 2.45) is 0 Å². The van der Waals surface area contributed by atoms with E-state index in [1.807, 2.05) is 84.9 Å². The van der Waals surface area contributed by atoms with E-state index >= 15 is 0 Å². The zero-order valence-corrected chi connectivity index (χ0v) is 33.4. The average molecular weight is 794 g/mol. The molecule has 62 heavy (non-hydrogen) atoms. The molecule has 6 nitrogen and oxygen atoms in total. The van der Waals surface area contributed by atoms with E-state index < -0.39 is 0 Å². The number of hydrogen-bond donors (Lipinski definition) is 0. The molecule has 0 radical (unpaired) electrons. The molecule has 0 saturated carbocycles.